The van der Waals surface area contributed by atoms with Crippen LogP contribution in [0.1, 0.15) is 46.1 Å². The average Bonchev–Trinajstić information content (AvgIpc) is 4.50. The van der Waals surface area contributed by atoms with Crippen molar-refractivity contribution in [3.05, 3.63) is 138 Å². The molecule has 6 heterocycles. The molecule has 0 amide bonds. The van der Waals surface area contributed by atoms with E-state index in [1.165, 1.54) is 9.75 Å². The molecular weight excluding hydrogens is 1190 g/mol. The van der Waals surface area contributed by atoms with Crippen LogP contribution in [0, 0.1) is 34.0 Å². The summed E-state index contributed by atoms with van der Waals surface area (Å²) in [6.45, 7) is 12.6. The molecule has 0 radical (unpaired) electrons. The zero-order chi connectivity index (χ0) is 55.8. The van der Waals surface area contributed by atoms with Crippen LogP contribution in [0.2, 0.25) is 0 Å². The van der Waals surface area contributed by atoms with Crippen molar-refractivity contribution in [2.75, 3.05) is 128 Å². The molecule has 0 aliphatic carbocycles. The fraction of sp³-hybridized carbons (Fsp3) is 0.377. The van der Waals surface area contributed by atoms with Crippen molar-refractivity contribution in [3.8, 4) is 53.1 Å². The van der Waals surface area contributed by atoms with Crippen molar-refractivity contribution in [1.29, 1.82) is 0 Å². The number of benzene rings is 1. The van der Waals surface area contributed by atoms with E-state index in [9.17, 15) is 0 Å². The van der Waals surface area contributed by atoms with E-state index in [4.69, 9.17) is 47.4 Å². The third kappa shape index (κ3) is 18.1. The van der Waals surface area contributed by atoms with Gasteiger partial charge in [0.2, 0.25) is 0 Å². The lowest BCUT2D eigenvalue weighted by Gasteiger charge is -2.33. The van der Waals surface area contributed by atoms with Gasteiger partial charge in [-0.05, 0) is 145 Å². The molecule has 1 aliphatic rings. The molecule has 0 bridgehead atoms. The third-order valence-corrected chi connectivity index (χ3v) is 17.7. The van der Waals surface area contributed by atoms with Gasteiger partial charge in [0.05, 0.1) is 77.3 Å². The minimum Gasteiger partial charge on any atom is -0.482 e. The first-order valence-corrected chi connectivity index (χ1v) is 30.3. The second-order valence-electron chi connectivity index (χ2n) is 18.2. The predicted octanol–water partition coefficient (Wildman–Crippen LogP) is 12.6. The van der Waals surface area contributed by atoms with Gasteiger partial charge in [-0.15, -0.1) is 34.3 Å². The number of halogens is 1. The van der Waals surface area contributed by atoms with Gasteiger partial charge >= 0.3 is 6.85 Å². The molecule has 0 fully saturated rings. The van der Waals surface area contributed by atoms with Crippen molar-refractivity contribution >= 4 is 98.6 Å². The van der Waals surface area contributed by atoms with Crippen LogP contribution in [0.3, 0.4) is 0 Å². The number of likely N-dealkylation sites (N-methyl/N-ethyl adjacent to an activating group) is 1. The molecule has 0 spiro atoms. The van der Waals surface area contributed by atoms with Gasteiger partial charge < -0.3 is 56.7 Å². The van der Waals surface area contributed by atoms with Crippen LogP contribution in [0.15, 0.2) is 102 Å². The number of allylic oxidation sites excluding steroid dienone is 1. The van der Waals surface area contributed by atoms with Gasteiger partial charge in [0.1, 0.15) is 26.4 Å². The summed E-state index contributed by atoms with van der Waals surface area (Å²) in [4.78, 5) is 9.33. The standard InChI is InChI=1S/C61H70BIN2O10S4/c1-45-43-49(15-16-50-17-19-52(76-50)54-21-23-56(78-54)74-41-39-72-37-33-68-7)65(62(27-9-29-70-35-31-66-5)28-10-30-71-36-32-67-6)60(45)58(47-11-13-48(63)14-12-47)59-46(2)44-61(3,64(59)4)26-25-51-18-20-53(77-51)55-22-24-57(79-55)75-42-40-73-38-34-69-8/h11-26,43-44H,29-42H2,1-8H3/b16-15+,26-25+,59-58-. The van der Waals surface area contributed by atoms with Gasteiger partial charge in [0, 0.05) is 85.3 Å². The summed E-state index contributed by atoms with van der Waals surface area (Å²) >= 11 is 9.15. The van der Waals surface area contributed by atoms with E-state index >= 15 is 0 Å². The SMILES string of the molecule is COCCOCC#CB(C#CCOCCOC)n1c(/C=C/c2ccc(-c3ccc(OCCOCCOC)s3)s2)cc(C)c1/C(=C1/C(C)=CC(C)(/C=C/c2ccc(-c3ccc(OCCOCCOC)s3)s2)N1C)c1ccc(I)cc1. The van der Waals surface area contributed by atoms with E-state index in [-0.39, 0.29) is 13.2 Å². The molecule has 18 heteroatoms. The Bertz CT molecular complexity index is 3080. The van der Waals surface area contributed by atoms with Crippen LogP contribution >= 0.6 is 67.9 Å². The van der Waals surface area contributed by atoms with Crippen LogP contribution in [-0.2, 0) is 37.9 Å². The molecule has 418 valence electrons. The summed E-state index contributed by atoms with van der Waals surface area (Å²) in [5, 5.41) is 1.73. The first-order valence-electron chi connectivity index (χ1n) is 26.0. The normalized spacial score (nSPS) is 14.9. The molecule has 0 N–H and O–H groups in total. The van der Waals surface area contributed by atoms with Gasteiger partial charge in [0.25, 0.3) is 0 Å². The summed E-state index contributed by atoms with van der Waals surface area (Å²) in [5.41, 5.74) is 7.01. The molecule has 7 rings (SSSR count). The van der Waals surface area contributed by atoms with E-state index < -0.39 is 12.4 Å². The second-order valence-corrected chi connectivity index (χ2v) is 23.7. The molecule has 12 nitrogen and oxygen atoms in total. The monoisotopic (exact) mass is 1260 g/mol. The Balaban J connectivity index is 1.25. The van der Waals surface area contributed by atoms with Gasteiger partial charge in [-0.3, -0.25) is 0 Å². The molecule has 1 unspecified atom stereocenters. The Kier molecular flexibility index (Phi) is 25.6. The Hall–Kier alpha value is -4.75. The summed E-state index contributed by atoms with van der Waals surface area (Å²) in [6, 6.07) is 28.0. The molecule has 6 aromatic rings. The Morgan fingerprint density at radius 1 is 0.582 bits per heavy atom. The zero-order valence-electron chi connectivity index (χ0n) is 46.4. The van der Waals surface area contributed by atoms with Gasteiger partial charge in [-0.2, -0.15) is 0 Å². The van der Waals surface area contributed by atoms with Crippen molar-refractivity contribution < 1.29 is 47.4 Å². The number of nitrogens with zero attached hydrogens (tertiary/aromatic N) is 2. The maximum absolute atomic E-state index is 6.01. The highest BCUT2D eigenvalue weighted by Crippen LogP contribution is 2.45. The van der Waals surface area contributed by atoms with Crippen LogP contribution in [0.4, 0.5) is 0 Å². The lowest BCUT2D eigenvalue weighted by molar-refractivity contribution is 0.0550. The highest BCUT2D eigenvalue weighted by atomic mass is 127. The van der Waals surface area contributed by atoms with E-state index in [1.807, 2.05) is 12.1 Å². The highest BCUT2D eigenvalue weighted by molar-refractivity contribution is 14.1. The highest BCUT2D eigenvalue weighted by Gasteiger charge is 2.37. The quantitative estimate of drug-likeness (QED) is 0.0180. The smallest absolute Gasteiger partial charge is 0.433 e. The van der Waals surface area contributed by atoms with E-state index in [0.717, 1.165) is 72.6 Å². The molecule has 1 atom stereocenters. The Morgan fingerprint density at radius 3 is 1.59 bits per heavy atom. The molecule has 0 saturated heterocycles. The summed E-state index contributed by atoms with van der Waals surface area (Å²) in [5.74, 6) is 13.7. The minimum atomic E-state index is -0.588. The number of thiophene rings is 4. The van der Waals surface area contributed by atoms with Crippen molar-refractivity contribution in [3.63, 3.8) is 0 Å². The van der Waals surface area contributed by atoms with Gasteiger partial charge in [0.15, 0.2) is 10.1 Å². The zero-order valence-corrected chi connectivity index (χ0v) is 51.8. The number of rotatable bonds is 31. The van der Waals surface area contributed by atoms with E-state index in [1.54, 1.807) is 73.8 Å². The summed E-state index contributed by atoms with van der Waals surface area (Å²) in [7, 11) is 8.85. The minimum absolute atomic E-state index is 0.225. The lowest BCUT2D eigenvalue weighted by atomic mass is 9.63. The summed E-state index contributed by atoms with van der Waals surface area (Å²) in [6.07, 6.45) is 11.3. The van der Waals surface area contributed by atoms with Crippen LogP contribution in [0.25, 0.3) is 43.3 Å². The van der Waals surface area contributed by atoms with E-state index in [0.29, 0.717) is 79.3 Å². The topological polar surface area (TPSA) is 100 Å². The number of ether oxygens (including phenoxy) is 10. The van der Waals surface area contributed by atoms with E-state index in [2.05, 4.69) is 180 Å². The number of methoxy groups -OCH3 is 4. The first kappa shape index (κ1) is 61.9. The largest absolute Gasteiger partial charge is 0.482 e. The van der Waals surface area contributed by atoms with Crippen LogP contribution < -0.4 is 9.47 Å². The Labute approximate surface area is 497 Å². The predicted molar refractivity (Wildman–Crippen MR) is 336 cm³/mol. The fourth-order valence-corrected chi connectivity index (χ4v) is 12.7. The number of aromatic nitrogens is 1. The number of aryl methyl sites for hydroxylation is 1. The lowest BCUT2D eigenvalue weighted by Crippen LogP contribution is -2.36. The van der Waals surface area contributed by atoms with Crippen LogP contribution in [0.5, 0.6) is 10.1 Å². The Morgan fingerprint density at radius 2 is 1.06 bits per heavy atom. The van der Waals surface area contributed by atoms with Crippen LogP contribution in [-0.4, -0.2) is 150 Å². The maximum Gasteiger partial charge on any atom is 0.433 e. The average molecular weight is 1260 g/mol. The fourth-order valence-electron chi connectivity index (χ4n) is 8.53. The second kappa shape index (κ2) is 32.6. The molecule has 79 heavy (non-hydrogen) atoms. The number of hydrogen-bond donors (Lipinski definition) is 0. The molecule has 5 aromatic heterocycles. The van der Waals surface area contributed by atoms with Gasteiger partial charge in [-0.25, -0.2) is 0 Å². The molecule has 1 aliphatic heterocycles. The molecule has 0 saturated carbocycles. The van der Waals surface area contributed by atoms with Crippen molar-refractivity contribution in [1.82, 2.24) is 9.38 Å². The van der Waals surface area contributed by atoms with Crippen molar-refractivity contribution in [2.45, 2.75) is 26.3 Å². The van der Waals surface area contributed by atoms with Gasteiger partial charge in [-0.1, -0.05) is 58.8 Å². The van der Waals surface area contributed by atoms with Crippen molar-refractivity contribution in [2.24, 2.45) is 0 Å². The number of hydrogen-bond acceptors (Lipinski definition) is 15. The molecular formula is C61H70BIN2O10S4. The third-order valence-electron chi connectivity index (χ3n) is 12.5. The molecule has 1 aromatic carbocycles. The maximum atomic E-state index is 6.01. The first-order chi connectivity index (χ1) is 38.5. The summed E-state index contributed by atoms with van der Waals surface area (Å²) < 4.78 is 59.0.